The molecule has 4 N–H and O–H groups in total. The van der Waals surface area contributed by atoms with Crippen LogP contribution in [0.4, 0.5) is 0 Å². The van der Waals surface area contributed by atoms with Gasteiger partial charge in [0.2, 0.25) is 5.91 Å². The Hall–Kier alpha value is -1.92. The first-order valence-electron chi connectivity index (χ1n) is 9.21. The lowest BCUT2D eigenvalue weighted by Crippen LogP contribution is -2.62. The third-order valence-corrected chi connectivity index (χ3v) is 5.16. The average Bonchev–Trinajstić information content (AvgIpc) is 2.58. The lowest BCUT2D eigenvalue weighted by Gasteiger charge is -2.39. The zero-order valence-electron chi connectivity index (χ0n) is 16.2. The van der Waals surface area contributed by atoms with E-state index in [9.17, 15) is 14.7 Å². The maximum absolute atomic E-state index is 12.8. The summed E-state index contributed by atoms with van der Waals surface area (Å²) in [6, 6.07) is 8.23. The Balaban J connectivity index is 2.05. The van der Waals surface area contributed by atoms with Crippen molar-refractivity contribution in [1.29, 1.82) is 0 Å². The zero-order chi connectivity index (χ0) is 19.5. The molecule has 0 aromatic heterocycles. The van der Waals surface area contributed by atoms with Crippen LogP contribution in [0.2, 0.25) is 0 Å². The molecule has 144 valence electrons. The lowest BCUT2D eigenvalue weighted by atomic mass is 9.90. The number of likely N-dealkylation sites (tertiary alicyclic amines) is 1. The number of hydrogen-bond acceptors (Lipinski definition) is 4. The molecule has 1 aromatic carbocycles. The Labute approximate surface area is 155 Å². The molecule has 0 bridgehead atoms. The summed E-state index contributed by atoms with van der Waals surface area (Å²) in [5.41, 5.74) is 5.15. The van der Waals surface area contributed by atoms with Crippen molar-refractivity contribution in [3.05, 3.63) is 35.4 Å². The first kappa shape index (κ1) is 20.4. The Kier molecular flexibility index (Phi) is 6.09. The highest BCUT2D eigenvalue weighted by Crippen LogP contribution is 2.25. The Morgan fingerprint density at radius 2 is 1.96 bits per heavy atom. The van der Waals surface area contributed by atoms with Gasteiger partial charge in [0.25, 0.3) is 5.91 Å². The standard InChI is InChI=1S/C20H31N3O3/c1-14(2)16-8-6-15(7-9-16)12-23-11-5-10-20(26,18(23)25)13-22-19(3,4)17(21)24/h6-9,14,22,26H,5,10-13H2,1-4H3,(H2,21,24)/t20-/m0/s1. The molecule has 1 heterocycles. The van der Waals surface area contributed by atoms with E-state index in [2.05, 4.69) is 31.3 Å². The number of hydrogen-bond donors (Lipinski definition) is 3. The Morgan fingerprint density at radius 1 is 1.35 bits per heavy atom. The highest BCUT2D eigenvalue weighted by atomic mass is 16.3. The minimum absolute atomic E-state index is 0.00452. The fourth-order valence-electron chi connectivity index (χ4n) is 3.06. The third-order valence-electron chi connectivity index (χ3n) is 5.16. The van der Waals surface area contributed by atoms with E-state index >= 15 is 0 Å². The van der Waals surface area contributed by atoms with Gasteiger partial charge in [-0.25, -0.2) is 0 Å². The first-order valence-corrected chi connectivity index (χ1v) is 9.21. The van der Waals surface area contributed by atoms with Crippen LogP contribution < -0.4 is 11.1 Å². The van der Waals surface area contributed by atoms with Gasteiger partial charge < -0.3 is 21.1 Å². The third kappa shape index (κ3) is 4.62. The molecule has 6 heteroatoms. The van der Waals surface area contributed by atoms with Crippen LogP contribution in [-0.2, 0) is 16.1 Å². The quantitative estimate of drug-likeness (QED) is 0.686. The summed E-state index contributed by atoms with van der Waals surface area (Å²) in [6.45, 7) is 8.66. The molecular weight excluding hydrogens is 330 g/mol. The van der Waals surface area contributed by atoms with Gasteiger partial charge in [0.1, 0.15) is 0 Å². The summed E-state index contributed by atoms with van der Waals surface area (Å²) < 4.78 is 0. The Morgan fingerprint density at radius 3 is 2.50 bits per heavy atom. The van der Waals surface area contributed by atoms with Crippen molar-refractivity contribution in [3.8, 4) is 0 Å². The molecule has 1 atom stereocenters. The van der Waals surface area contributed by atoms with Crippen molar-refractivity contribution in [1.82, 2.24) is 10.2 Å². The number of carbonyl (C=O) groups is 2. The maximum atomic E-state index is 12.8. The van der Waals surface area contributed by atoms with E-state index in [-0.39, 0.29) is 12.5 Å². The summed E-state index contributed by atoms with van der Waals surface area (Å²) in [5.74, 6) is -0.360. The van der Waals surface area contributed by atoms with E-state index in [0.29, 0.717) is 31.8 Å². The molecule has 0 unspecified atom stereocenters. The number of benzene rings is 1. The fraction of sp³-hybridized carbons (Fsp3) is 0.600. The summed E-state index contributed by atoms with van der Waals surface area (Å²) in [5, 5.41) is 13.8. The van der Waals surface area contributed by atoms with Crippen molar-refractivity contribution >= 4 is 11.8 Å². The molecule has 0 aliphatic carbocycles. The number of primary amides is 1. The number of nitrogens with one attached hydrogen (secondary N) is 1. The summed E-state index contributed by atoms with van der Waals surface area (Å²) in [6.07, 6.45) is 1.08. The molecule has 0 radical (unpaired) electrons. The molecular formula is C20H31N3O3. The van der Waals surface area contributed by atoms with E-state index in [1.54, 1.807) is 18.7 Å². The maximum Gasteiger partial charge on any atom is 0.256 e. The number of carbonyl (C=O) groups excluding carboxylic acids is 2. The van der Waals surface area contributed by atoms with E-state index in [0.717, 1.165) is 5.56 Å². The van der Waals surface area contributed by atoms with E-state index in [1.807, 2.05) is 12.1 Å². The molecule has 1 aliphatic rings. The molecule has 1 fully saturated rings. The van der Waals surface area contributed by atoms with Gasteiger partial charge in [0.15, 0.2) is 5.60 Å². The highest BCUT2D eigenvalue weighted by molar-refractivity contribution is 5.87. The lowest BCUT2D eigenvalue weighted by molar-refractivity contribution is -0.158. The van der Waals surface area contributed by atoms with Crippen LogP contribution in [0.15, 0.2) is 24.3 Å². The number of amides is 2. The van der Waals surface area contributed by atoms with Gasteiger partial charge in [0.05, 0.1) is 5.54 Å². The molecule has 26 heavy (non-hydrogen) atoms. The fourth-order valence-corrected chi connectivity index (χ4v) is 3.06. The monoisotopic (exact) mass is 361 g/mol. The van der Waals surface area contributed by atoms with Crippen LogP contribution >= 0.6 is 0 Å². The first-order chi connectivity index (χ1) is 12.0. The minimum atomic E-state index is -1.51. The van der Waals surface area contributed by atoms with E-state index in [1.165, 1.54) is 5.56 Å². The average molecular weight is 361 g/mol. The predicted octanol–water partition coefficient (Wildman–Crippen LogP) is 1.52. The molecule has 6 nitrogen and oxygen atoms in total. The van der Waals surface area contributed by atoms with Crippen LogP contribution in [-0.4, -0.2) is 46.1 Å². The topological polar surface area (TPSA) is 95.7 Å². The number of nitrogens with two attached hydrogens (primary N) is 1. The van der Waals surface area contributed by atoms with Crippen LogP contribution in [0, 0.1) is 0 Å². The van der Waals surface area contributed by atoms with Crippen molar-refractivity contribution in [2.75, 3.05) is 13.1 Å². The van der Waals surface area contributed by atoms with Gasteiger partial charge in [-0.3, -0.25) is 9.59 Å². The van der Waals surface area contributed by atoms with Gasteiger partial charge in [-0.2, -0.15) is 0 Å². The minimum Gasteiger partial charge on any atom is -0.379 e. The second kappa shape index (κ2) is 7.76. The second-order valence-electron chi connectivity index (χ2n) is 8.10. The van der Waals surface area contributed by atoms with Crippen molar-refractivity contribution < 1.29 is 14.7 Å². The number of piperidine rings is 1. The smallest absolute Gasteiger partial charge is 0.256 e. The highest BCUT2D eigenvalue weighted by Gasteiger charge is 2.43. The summed E-state index contributed by atoms with van der Waals surface area (Å²) in [7, 11) is 0. The number of aliphatic hydroxyl groups is 1. The van der Waals surface area contributed by atoms with Crippen molar-refractivity contribution in [2.45, 2.75) is 64.1 Å². The molecule has 1 aliphatic heterocycles. The zero-order valence-corrected chi connectivity index (χ0v) is 16.2. The molecule has 2 amide bonds. The van der Waals surface area contributed by atoms with Crippen molar-refractivity contribution in [2.24, 2.45) is 5.73 Å². The van der Waals surface area contributed by atoms with Gasteiger partial charge in [-0.15, -0.1) is 0 Å². The molecule has 1 saturated heterocycles. The molecule has 0 spiro atoms. The normalized spacial score (nSPS) is 21.3. The van der Waals surface area contributed by atoms with E-state index in [4.69, 9.17) is 5.73 Å². The molecule has 2 rings (SSSR count). The molecule has 0 saturated carbocycles. The SMILES string of the molecule is CC(C)c1ccc(CN2CCC[C@](O)(CNC(C)(C)C(N)=O)C2=O)cc1. The van der Waals surface area contributed by atoms with Gasteiger partial charge in [-0.05, 0) is 43.7 Å². The summed E-state index contributed by atoms with van der Waals surface area (Å²) in [4.78, 5) is 26.0. The van der Waals surface area contributed by atoms with Gasteiger partial charge >= 0.3 is 0 Å². The van der Waals surface area contributed by atoms with Gasteiger partial charge in [-0.1, -0.05) is 38.1 Å². The van der Waals surface area contributed by atoms with E-state index < -0.39 is 17.0 Å². The number of rotatable bonds is 7. The van der Waals surface area contributed by atoms with Crippen LogP contribution in [0.1, 0.15) is 57.6 Å². The number of nitrogens with zero attached hydrogens (tertiary/aromatic N) is 1. The largest absolute Gasteiger partial charge is 0.379 e. The van der Waals surface area contributed by atoms with Crippen LogP contribution in [0.3, 0.4) is 0 Å². The van der Waals surface area contributed by atoms with Gasteiger partial charge in [0, 0.05) is 19.6 Å². The van der Waals surface area contributed by atoms with Crippen LogP contribution in [0.5, 0.6) is 0 Å². The predicted molar refractivity (Wildman–Crippen MR) is 101 cm³/mol. The number of β-amino-alcohol motifs (C(OH)–C–C–N with tert-alkyl or cyclic N) is 1. The second-order valence-corrected chi connectivity index (χ2v) is 8.10. The summed E-state index contributed by atoms with van der Waals surface area (Å²) >= 11 is 0. The van der Waals surface area contributed by atoms with Crippen LogP contribution in [0.25, 0.3) is 0 Å². The Bertz CT molecular complexity index is 655. The molecule has 1 aromatic rings. The van der Waals surface area contributed by atoms with Crippen molar-refractivity contribution in [3.63, 3.8) is 0 Å².